The molecule has 0 radical (unpaired) electrons. The van der Waals surface area contributed by atoms with Gasteiger partial charge in [-0.25, -0.2) is 4.72 Å². The van der Waals surface area contributed by atoms with Crippen LogP contribution in [0.1, 0.15) is 38.5 Å². The number of hydrogen-bond donors (Lipinski definition) is 2. The van der Waals surface area contributed by atoms with E-state index < -0.39 is 17.2 Å². The number of nitrogens with one attached hydrogen (secondary N) is 1. The molecule has 3 rings (SSSR count). The van der Waals surface area contributed by atoms with Crippen LogP contribution in [0.3, 0.4) is 0 Å². The molecule has 0 heterocycles. The largest absolute Gasteiger partial charge is 0.481 e. The Kier molecular flexibility index (Phi) is 7.49. The Labute approximate surface area is 171 Å². The predicted molar refractivity (Wildman–Crippen MR) is 109 cm³/mol. The number of carboxylic acids is 1. The van der Waals surface area contributed by atoms with Gasteiger partial charge in [0.05, 0.1) is 0 Å². The molecule has 1 aromatic carbocycles. The number of rotatable bonds is 10. The lowest BCUT2D eigenvalue weighted by Crippen LogP contribution is -2.34. The van der Waals surface area contributed by atoms with Crippen LogP contribution in [-0.4, -0.2) is 21.8 Å². The van der Waals surface area contributed by atoms with Crippen LogP contribution < -0.4 is 8.91 Å². The van der Waals surface area contributed by atoms with E-state index in [1.807, 2.05) is 12.1 Å². The molecule has 27 heavy (non-hydrogen) atoms. The Morgan fingerprint density at radius 2 is 2.04 bits per heavy atom. The highest BCUT2D eigenvalue weighted by Gasteiger charge is 2.46. The molecule has 0 aliphatic heterocycles. The molecule has 1 aromatic rings. The van der Waals surface area contributed by atoms with Crippen molar-refractivity contribution in [2.24, 2.45) is 23.7 Å². The van der Waals surface area contributed by atoms with Crippen LogP contribution in [0.4, 0.5) is 0 Å². The molecule has 2 fully saturated rings. The Bertz CT molecular complexity index is 694. The Balaban J connectivity index is 1.48. The number of carboxylic acid groups (broad SMARTS) is 1. The van der Waals surface area contributed by atoms with Gasteiger partial charge in [0, 0.05) is 17.4 Å². The number of aliphatic carboxylic acids is 1. The summed E-state index contributed by atoms with van der Waals surface area (Å²) in [6.45, 7) is 0.675. The molecule has 2 aliphatic rings. The molecule has 0 amide bonds. The molecule has 148 valence electrons. The number of benzene rings is 1. The fourth-order valence-electron chi connectivity index (χ4n) is 4.45. The van der Waals surface area contributed by atoms with Gasteiger partial charge in [0.15, 0.2) is 0 Å². The van der Waals surface area contributed by atoms with E-state index in [1.54, 1.807) is 12.1 Å². The monoisotopic (exact) mass is 455 g/mol. The van der Waals surface area contributed by atoms with Crippen molar-refractivity contribution in [3.63, 3.8) is 0 Å². The summed E-state index contributed by atoms with van der Waals surface area (Å²) in [4.78, 5) is 10.6. The minimum absolute atomic E-state index is 0.221. The maximum Gasteiger partial charge on any atom is 0.303 e. The lowest BCUT2D eigenvalue weighted by Gasteiger charge is -2.29. The summed E-state index contributed by atoms with van der Waals surface area (Å²) in [5, 5.41) is 8.72. The van der Waals surface area contributed by atoms with Gasteiger partial charge in [-0.05, 0) is 80.0 Å². The summed E-state index contributed by atoms with van der Waals surface area (Å²) in [7, 11) is 0. The maximum absolute atomic E-state index is 12.2. The van der Waals surface area contributed by atoms with Gasteiger partial charge in [0.2, 0.25) is 0 Å². The molecule has 2 unspecified atom stereocenters. The summed E-state index contributed by atoms with van der Waals surface area (Å²) >= 11 is 1.81. The molecule has 0 spiro atoms. The minimum Gasteiger partial charge on any atom is -0.481 e. The fraction of sp³-hybridized carbons (Fsp3) is 0.550. The number of unbranched alkanes of at least 4 members (excludes halogenated alkanes) is 1. The second kappa shape index (κ2) is 9.85. The average molecular weight is 456 g/mol. The topological polar surface area (TPSA) is 75.6 Å². The first-order valence-electron chi connectivity index (χ1n) is 9.50. The molecule has 2 bridgehead atoms. The summed E-state index contributed by atoms with van der Waals surface area (Å²) in [6.07, 6.45) is 9.88. The molecular formula is C20H26BrNO4S. The molecule has 5 atom stereocenters. The summed E-state index contributed by atoms with van der Waals surface area (Å²) < 4.78 is 21.7. The first kappa shape index (κ1) is 20.6. The number of allylic oxidation sites excluding steroid dienone is 2. The van der Waals surface area contributed by atoms with Crippen molar-refractivity contribution in [1.82, 2.24) is 4.72 Å². The number of carbonyl (C=O) groups is 1. The second-order valence-corrected chi connectivity index (χ2v) is 9.25. The maximum atomic E-state index is 12.2. The molecule has 2 N–H and O–H groups in total. The van der Waals surface area contributed by atoms with E-state index in [1.165, 1.54) is 19.3 Å². The van der Waals surface area contributed by atoms with E-state index in [9.17, 15) is 9.00 Å². The van der Waals surface area contributed by atoms with Crippen molar-refractivity contribution < 1.29 is 18.3 Å². The van der Waals surface area contributed by atoms with Crippen LogP contribution >= 0.6 is 15.9 Å². The Morgan fingerprint density at radius 1 is 1.30 bits per heavy atom. The smallest absolute Gasteiger partial charge is 0.303 e. The summed E-state index contributed by atoms with van der Waals surface area (Å²) in [6, 6.07) is 7.27. The SMILES string of the molecule is O=C(O)CCCC=CC1[C@H]2CC[C@H](C2)[C@@H]1CNS(=O)Oc1ccc(Br)cc1. The molecule has 5 nitrogen and oxygen atoms in total. The Hall–Kier alpha value is -1.18. The van der Waals surface area contributed by atoms with Crippen LogP contribution in [0.15, 0.2) is 40.9 Å². The van der Waals surface area contributed by atoms with Crippen LogP contribution in [-0.2, 0) is 16.1 Å². The predicted octanol–water partition coefficient (Wildman–Crippen LogP) is 4.47. The first-order valence-corrected chi connectivity index (χ1v) is 11.4. The zero-order chi connectivity index (χ0) is 19.2. The first-order chi connectivity index (χ1) is 13.0. The van der Waals surface area contributed by atoms with Gasteiger partial charge in [-0.3, -0.25) is 4.79 Å². The van der Waals surface area contributed by atoms with Crippen LogP contribution in [0.25, 0.3) is 0 Å². The second-order valence-electron chi connectivity index (χ2n) is 7.41. The number of fused-ring (bicyclic) bond motifs is 2. The van der Waals surface area contributed by atoms with Crippen molar-refractivity contribution in [3.8, 4) is 5.75 Å². The van der Waals surface area contributed by atoms with E-state index in [2.05, 4.69) is 32.8 Å². The van der Waals surface area contributed by atoms with Crippen molar-refractivity contribution in [2.45, 2.75) is 38.5 Å². The number of halogens is 1. The highest BCUT2D eigenvalue weighted by atomic mass is 79.9. The van der Waals surface area contributed by atoms with E-state index in [0.717, 1.165) is 10.9 Å². The third kappa shape index (κ3) is 5.90. The van der Waals surface area contributed by atoms with Crippen molar-refractivity contribution in [1.29, 1.82) is 0 Å². The van der Waals surface area contributed by atoms with Crippen LogP contribution in [0.5, 0.6) is 5.75 Å². The van der Waals surface area contributed by atoms with Crippen LogP contribution in [0, 0.1) is 23.7 Å². The van der Waals surface area contributed by atoms with E-state index in [0.29, 0.717) is 42.4 Å². The van der Waals surface area contributed by atoms with Gasteiger partial charge in [-0.15, -0.1) is 0 Å². The zero-order valence-corrected chi connectivity index (χ0v) is 17.6. The number of hydrogen-bond acceptors (Lipinski definition) is 3. The van der Waals surface area contributed by atoms with Crippen molar-refractivity contribution in [2.75, 3.05) is 6.54 Å². The van der Waals surface area contributed by atoms with Crippen molar-refractivity contribution >= 4 is 33.2 Å². The lowest BCUT2D eigenvalue weighted by atomic mass is 9.79. The lowest BCUT2D eigenvalue weighted by molar-refractivity contribution is -0.137. The molecule has 2 aliphatic carbocycles. The summed E-state index contributed by atoms with van der Waals surface area (Å²) in [5.41, 5.74) is 0. The van der Waals surface area contributed by atoms with E-state index in [4.69, 9.17) is 9.29 Å². The van der Waals surface area contributed by atoms with Gasteiger partial charge in [-0.2, -0.15) is 4.21 Å². The minimum atomic E-state index is -1.56. The Morgan fingerprint density at radius 3 is 2.78 bits per heavy atom. The standard InChI is InChI=1S/C20H26BrNO4S/c21-16-8-10-17(11-9-16)26-27(25)22-13-19-15-7-6-14(12-15)18(19)4-2-1-3-5-20(23)24/h2,4,8-11,14-15,18-19,22H,1,3,5-7,12-13H2,(H,23,24)/t14-,15+,18?,19-,27?/m0/s1. The third-order valence-electron chi connectivity index (χ3n) is 5.70. The van der Waals surface area contributed by atoms with Gasteiger partial charge in [0.25, 0.3) is 11.3 Å². The normalized spacial score (nSPS) is 27.9. The molecule has 0 saturated heterocycles. The zero-order valence-electron chi connectivity index (χ0n) is 15.2. The van der Waals surface area contributed by atoms with Crippen molar-refractivity contribution in [3.05, 3.63) is 40.9 Å². The molecular weight excluding hydrogens is 430 g/mol. The molecule has 7 heteroatoms. The third-order valence-corrected chi connectivity index (χ3v) is 6.97. The molecule has 0 aromatic heterocycles. The van der Waals surface area contributed by atoms with Crippen LogP contribution in [0.2, 0.25) is 0 Å². The highest BCUT2D eigenvalue weighted by molar-refractivity contribution is 9.10. The van der Waals surface area contributed by atoms with Gasteiger partial charge in [0.1, 0.15) is 5.75 Å². The van der Waals surface area contributed by atoms with Gasteiger partial charge >= 0.3 is 5.97 Å². The molecule has 2 saturated carbocycles. The average Bonchev–Trinajstić information content (AvgIpc) is 3.23. The summed E-state index contributed by atoms with van der Waals surface area (Å²) in [5.74, 6) is 2.19. The highest BCUT2D eigenvalue weighted by Crippen LogP contribution is 2.52. The van der Waals surface area contributed by atoms with E-state index in [-0.39, 0.29) is 6.42 Å². The van der Waals surface area contributed by atoms with Gasteiger partial charge < -0.3 is 9.29 Å². The fourth-order valence-corrected chi connectivity index (χ4v) is 5.39. The quantitative estimate of drug-likeness (QED) is 0.403. The van der Waals surface area contributed by atoms with E-state index >= 15 is 0 Å². The van der Waals surface area contributed by atoms with Gasteiger partial charge in [-0.1, -0.05) is 28.1 Å².